The number of likely N-dealkylation sites (tertiary alicyclic amines) is 1. The summed E-state index contributed by atoms with van der Waals surface area (Å²) in [7, 11) is 0. The highest BCUT2D eigenvalue weighted by atomic mass is 16.5. The SMILES string of the molecule is C=CCOc1cccc([C@@H]2C(=C(O)c3ccc4c(c3)C[C@@H](C)O4)C(=O)C(=O)N2CCCN(CC)CC)c1. The molecule has 1 amide bonds. The van der Waals surface area contributed by atoms with Crippen molar-refractivity contribution in [3.05, 3.63) is 77.4 Å². The van der Waals surface area contributed by atoms with Crippen LogP contribution in [0.15, 0.2) is 60.7 Å². The van der Waals surface area contributed by atoms with Crippen LogP contribution < -0.4 is 9.47 Å². The predicted molar refractivity (Wildman–Crippen MR) is 144 cm³/mol. The Bertz CT molecular complexity index is 1200. The maximum absolute atomic E-state index is 13.4. The first kappa shape index (κ1) is 26.5. The number of ether oxygens (including phenoxy) is 2. The molecule has 0 spiro atoms. The van der Waals surface area contributed by atoms with Crippen LogP contribution in [0.1, 0.15) is 49.9 Å². The van der Waals surface area contributed by atoms with Crippen molar-refractivity contribution >= 4 is 17.4 Å². The van der Waals surface area contributed by atoms with E-state index in [4.69, 9.17) is 9.47 Å². The first-order chi connectivity index (χ1) is 17.9. The van der Waals surface area contributed by atoms with Gasteiger partial charge in [-0.25, -0.2) is 0 Å². The van der Waals surface area contributed by atoms with Crippen molar-refractivity contribution in [3.8, 4) is 11.5 Å². The molecule has 1 N–H and O–H groups in total. The number of aliphatic hydroxyl groups excluding tert-OH is 1. The average molecular weight is 505 g/mol. The third-order valence-corrected chi connectivity index (χ3v) is 7.02. The molecule has 0 radical (unpaired) electrons. The zero-order chi connectivity index (χ0) is 26.5. The lowest BCUT2D eigenvalue weighted by molar-refractivity contribution is -0.140. The summed E-state index contributed by atoms with van der Waals surface area (Å²) in [6, 6.07) is 12.0. The van der Waals surface area contributed by atoms with Gasteiger partial charge in [0.15, 0.2) is 0 Å². The first-order valence-electron chi connectivity index (χ1n) is 13.0. The molecule has 1 saturated heterocycles. The maximum atomic E-state index is 13.4. The molecule has 1 fully saturated rings. The molecule has 2 heterocycles. The highest BCUT2D eigenvalue weighted by Crippen LogP contribution is 2.41. The van der Waals surface area contributed by atoms with Crippen LogP contribution in [0, 0.1) is 0 Å². The van der Waals surface area contributed by atoms with Gasteiger partial charge in [0.25, 0.3) is 11.7 Å². The van der Waals surface area contributed by atoms with Gasteiger partial charge in [0.1, 0.15) is 30.0 Å². The van der Waals surface area contributed by atoms with Gasteiger partial charge in [-0.05, 0) is 74.4 Å². The molecule has 196 valence electrons. The topological polar surface area (TPSA) is 79.3 Å². The minimum Gasteiger partial charge on any atom is -0.507 e. The number of hydrogen-bond acceptors (Lipinski definition) is 6. The number of benzene rings is 2. The average Bonchev–Trinajstić information content (AvgIpc) is 3.40. The van der Waals surface area contributed by atoms with Crippen LogP contribution in [0.3, 0.4) is 0 Å². The molecule has 4 rings (SSSR count). The Hall–Kier alpha value is -3.58. The fraction of sp³-hybridized carbons (Fsp3) is 0.400. The molecule has 7 nitrogen and oxygen atoms in total. The van der Waals surface area contributed by atoms with Crippen molar-refractivity contribution in [1.29, 1.82) is 0 Å². The second-order valence-corrected chi connectivity index (χ2v) is 9.50. The minimum atomic E-state index is -0.715. The number of ketones is 1. The van der Waals surface area contributed by atoms with E-state index in [0.717, 1.165) is 37.4 Å². The molecule has 0 unspecified atom stereocenters. The summed E-state index contributed by atoms with van der Waals surface area (Å²) in [5, 5.41) is 11.4. The summed E-state index contributed by atoms with van der Waals surface area (Å²) in [4.78, 5) is 30.5. The molecule has 2 aliphatic heterocycles. The summed E-state index contributed by atoms with van der Waals surface area (Å²) in [6.45, 7) is 13.3. The quantitative estimate of drug-likeness (QED) is 0.206. The number of rotatable bonds is 11. The molecular weight excluding hydrogens is 468 g/mol. The van der Waals surface area contributed by atoms with Gasteiger partial charge in [0.05, 0.1) is 11.6 Å². The summed E-state index contributed by atoms with van der Waals surface area (Å²) >= 11 is 0. The summed E-state index contributed by atoms with van der Waals surface area (Å²) in [6.07, 6.45) is 3.15. The van der Waals surface area contributed by atoms with E-state index in [9.17, 15) is 14.7 Å². The smallest absolute Gasteiger partial charge is 0.295 e. The molecule has 0 aliphatic carbocycles. The number of fused-ring (bicyclic) bond motifs is 1. The molecule has 7 heteroatoms. The highest BCUT2D eigenvalue weighted by molar-refractivity contribution is 6.46. The van der Waals surface area contributed by atoms with Gasteiger partial charge in [-0.1, -0.05) is 38.6 Å². The van der Waals surface area contributed by atoms with Crippen molar-refractivity contribution in [2.45, 2.75) is 45.8 Å². The Labute approximate surface area is 219 Å². The van der Waals surface area contributed by atoms with Crippen LogP contribution in [-0.2, 0) is 16.0 Å². The molecule has 2 atom stereocenters. The van der Waals surface area contributed by atoms with Crippen molar-refractivity contribution in [3.63, 3.8) is 0 Å². The lowest BCUT2D eigenvalue weighted by atomic mass is 9.94. The van der Waals surface area contributed by atoms with Crippen molar-refractivity contribution in [2.24, 2.45) is 0 Å². The molecule has 0 saturated carbocycles. The van der Waals surface area contributed by atoms with Gasteiger partial charge < -0.3 is 24.4 Å². The third-order valence-electron chi connectivity index (χ3n) is 7.02. The van der Waals surface area contributed by atoms with Gasteiger partial charge in [0.2, 0.25) is 0 Å². The van der Waals surface area contributed by atoms with Crippen LogP contribution in [0.25, 0.3) is 5.76 Å². The van der Waals surface area contributed by atoms with Gasteiger partial charge in [-0.15, -0.1) is 0 Å². The molecule has 2 aromatic rings. The Morgan fingerprint density at radius 2 is 2.00 bits per heavy atom. The Morgan fingerprint density at radius 1 is 1.22 bits per heavy atom. The van der Waals surface area contributed by atoms with E-state index in [1.807, 2.05) is 43.3 Å². The molecular formula is C30H36N2O5. The van der Waals surface area contributed by atoms with Crippen molar-refractivity contribution in [2.75, 3.05) is 32.8 Å². The fourth-order valence-electron chi connectivity index (χ4n) is 5.12. The molecule has 2 aromatic carbocycles. The predicted octanol–water partition coefficient (Wildman–Crippen LogP) is 4.73. The zero-order valence-corrected chi connectivity index (χ0v) is 21.9. The third kappa shape index (κ3) is 5.57. The Morgan fingerprint density at radius 3 is 2.73 bits per heavy atom. The van der Waals surface area contributed by atoms with E-state index in [-0.39, 0.29) is 17.4 Å². The standard InChI is InChI=1S/C30H36N2O5/c1-5-16-36-24-11-8-10-21(19-24)27-26(28(33)22-12-13-25-23(18-22)17-20(4)37-25)29(34)30(35)32(27)15-9-14-31(6-2)7-3/h5,8,10-13,18-20,27,33H,1,6-7,9,14-17H2,2-4H3/t20-,27-/m1/s1. The van der Waals surface area contributed by atoms with Crippen LogP contribution in [0.2, 0.25) is 0 Å². The molecule has 0 bridgehead atoms. The second-order valence-electron chi connectivity index (χ2n) is 9.50. The summed E-state index contributed by atoms with van der Waals surface area (Å²) in [5.74, 6) is -0.0526. The zero-order valence-electron chi connectivity index (χ0n) is 21.9. The number of amides is 1. The number of carbonyl (C=O) groups is 2. The van der Waals surface area contributed by atoms with E-state index in [1.165, 1.54) is 0 Å². The number of hydrogen-bond donors (Lipinski definition) is 1. The van der Waals surface area contributed by atoms with E-state index >= 15 is 0 Å². The van der Waals surface area contributed by atoms with Crippen LogP contribution in [-0.4, -0.2) is 65.5 Å². The van der Waals surface area contributed by atoms with Gasteiger partial charge in [0, 0.05) is 18.5 Å². The number of carbonyl (C=O) groups excluding carboxylic acids is 2. The van der Waals surface area contributed by atoms with Crippen LogP contribution >= 0.6 is 0 Å². The lowest BCUT2D eigenvalue weighted by Gasteiger charge is -2.27. The molecule has 0 aromatic heterocycles. The van der Waals surface area contributed by atoms with Crippen molar-refractivity contribution < 1.29 is 24.2 Å². The number of Topliss-reactive ketones (excluding diaryl/α,β-unsaturated/α-hetero) is 1. The number of aliphatic hydroxyl groups is 1. The van der Waals surface area contributed by atoms with Gasteiger partial charge in [-0.2, -0.15) is 0 Å². The molecule has 2 aliphatic rings. The minimum absolute atomic E-state index is 0.0575. The normalized spacial score (nSPS) is 20.3. The van der Waals surface area contributed by atoms with E-state index < -0.39 is 17.7 Å². The lowest BCUT2D eigenvalue weighted by Crippen LogP contribution is -2.33. The largest absolute Gasteiger partial charge is 0.507 e. The summed E-state index contributed by atoms with van der Waals surface area (Å²) in [5.41, 5.74) is 2.28. The monoisotopic (exact) mass is 504 g/mol. The second kappa shape index (κ2) is 11.6. The van der Waals surface area contributed by atoms with Gasteiger partial charge >= 0.3 is 0 Å². The van der Waals surface area contributed by atoms with E-state index in [0.29, 0.717) is 36.4 Å². The van der Waals surface area contributed by atoms with E-state index in [2.05, 4.69) is 25.3 Å². The Kier molecular flexibility index (Phi) is 8.34. The number of nitrogens with zero attached hydrogens (tertiary/aromatic N) is 2. The van der Waals surface area contributed by atoms with Crippen LogP contribution in [0.4, 0.5) is 0 Å². The maximum Gasteiger partial charge on any atom is 0.295 e. The fourth-order valence-corrected chi connectivity index (χ4v) is 5.12. The first-order valence-corrected chi connectivity index (χ1v) is 13.0. The summed E-state index contributed by atoms with van der Waals surface area (Å²) < 4.78 is 11.5. The molecule has 37 heavy (non-hydrogen) atoms. The van der Waals surface area contributed by atoms with Crippen molar-refractivity contribution in [1.82, 2.24) is 9.80 Å². The van der Waals surface area contributed by atoms with E-state index in [1.54, 1.807) is 17.0 Å². The Balaban J connectivity index is 1.74. The van der Waals surface area contributed by atoms with Gasteiger partial charge in [-0.3, -0.25) is 9.59 Å². The van der Waals surface area contributed by atoms with Crippen LogP contribution in [0.5, 0.6) is 11.5 Å². The highest BCUT2D eigenvalue weighted by Gasteiger charge is 2.46.